The summed E-state index contributed by atoms with van der Waals surface area (Å²) in [7, 11) is 0. The van der Waals surface area contributed by atoms with E-state index in [-0.39, 0.29) is 0 Å². The Morgan fingerprint density at radius 1 is 1.25 bits per heavy atom. The number of nitrogens with one attached hydrogen (secondary N) is 1. The van der Waals surface area contributed by atoms with Crippen LogP contribution in [0.1, 0.15) is 42.4 Å². The summed E-state index contributed by atoms with van der Waals surface area (Å²) in [4.78, 5) is 0.963. The minimum Gasteiger partial charge on any atom is -0.312 e. The number of thioether (sulfide) groups is 1. The molecule has 2 aliphatic rings. The zero-order valence-corrected chi connectivity index (χ0v) is 13.0. The maximum absolute atomic E-state index is 4.77. The van der Waals surface area contributed by atoms with Gasteiger partial charge in [0.1, 0.15) is 5.01 Å². The second kappa shape index (κ2) is 5.61. The van der Waals surface area contributed by atoms with Gasteiger partial charge in [-0.25, -0.2) is 0 Å². The van der Waals surface area contributed by atoms with E-state index in [9.17, 15) is 0 Å². The van der Waals surface area contributed by atoms with E-state index in [1.807, 2.05) is 16.3 Å². The molecule has 1 aliphatic carbocycles. The molecule has 3 heterocycles. The van der Waals surface area contributed by atoms with Crippen molar-refractivity contribution in [2.75, 3.05) is 18.1 Å². The molecule has 0 bridgehead atoms. The maximum atomic E-state index is 4.77. The number of hydrogen-bond donors (Lipinski definition) is 1. The lowest BCUT2D eigenvalue weighted by atomic mass is 10.1. The van der Waals surface area contributed by atoms with Gasteiger partial charge >= 0.3 is 0 Å². The van der Waals surface area contributed by atoms with Crippen LogP contribution in [0.4, 0.5) is 0 Å². The van der Waals surface area contributed by atoms with Crippen molar-refractivity contribution in [1.29, 1.82) is 0 Å². The van der Waals surface area contributed by atoms with E-state index in [1.165, 1.54) is 42.2 Å². The molecule has 0 radical (unpaired) electrons. The van der Waals surface area contributed by atoms with Gasteiger partial charge in [-0.2, -0.15) is 21.4 Å². The van der Waals surface area contributed by atoms with Crippen LogP contribution >= 0.6 is 23.1 Å². The van der Waals surface area contributed by atoms with Gasteiger partial charge in [0.2, 0.25) is 4.96 Å². The van der Waals surface area contributed by atoms with Crippen molar-refractivity contribution < 1.29 is 0 Å². The van der Waals surface area contributed by atoms with Crippen LogP contribution in [0.5, 0.6) is 0 Å². The number of hydrogen-bond acceptors (Lipinski definition) is 6. The molecule has 0 spiro atoms. The summed E-state index contributed by atoms with van der Waals surface area (Å²) < 4.78 is 2.01. The Balaban J connectivity index is 1.55. The predicted octanol–water partition coefficient (Wildman–Crippen LogP) is 2.09. The Morgan fingerprint density at radius 3 is 2.95 bits per heavy atom. The molecular formula is C13H19N5S2. The van der Waals surface area contributed by atoms with Crippen LogP contribution in [0.2, 0.25) is 0 Å². The van der Waals surface area contributed by atoms with E-state index in [2.05, 4.69) is 15.5 Å². The highest BCUT2D eigenvalue weighted by molar-refractivity contribution is 7.99. The molecule has 4 rings (SSSR count). The normalized spacial score (nSPS) is 24.7. The van der Waals surface area contributed by atoms with Gasteiger partial charge in [-0.1, -0.05) is 24.2 Å². The Hall–Kier alpha value is -0.660. The summed E-state index contributed by atoms with van der Waals surface area (Å²) in [5, 5.41) is 18.2. The number of fused-ring (bicyclic) bond motifs is 1. The van der Waals surface area contributed by atoms with E-state index in [4.69, 9.17) is 5.10 Å². The van der Waals surface area contributed by atoms with Crippen LogP contribution in [-0.4, -0.2) is 43.9 Å². The second-order valence-corrected chi connectivity index (χ2v) is 7.85. The number of nitrogens with zero attached hydrogens (tertiary/aromatic N) is 4. The van der Waals surface area contributed by atoms with Gasteiger partial charge in [0.25, 0.3) is 0 Å². The van der Waals surface area contributed by atoms with Crippen molar-refractivity contribution in [1.82, 2.24) is 25.1 Å². The fourth-order valence-electron chi connectivity index (χ4n) is 3.15. The first-order valence-corrected chi connectivity index (χ1v) is 9.39. The van der Waals surface area contributed by atoms with Crippen molar-refractivity contribution in [3.05, 3.63) is 10.8 Å². The van der Waals surface area contributed by atoms with E-state index in [1.54, 1.807) is 11.3 Å². The summed E-state index contributed by atoms with van der Waals surface area (Å²) in [5.74, 6) is 4.08. The third-order valence-electron chi connectivity index (χ3n) is 4.20. The number of rotatable bonds is 3. The van der Waals surface area contributed by atoms with Gasteiger partial charge in [0.15, 0.2) is 5.82 Å². The molecule has 2 aromatic heterocycles. The number of aromatic nitrogens is 4. The molecule has 1 atom stereocenters. The molecule has 1 saturated carbocycles. The first kappa shape index (κ1) is 13.0. The van der Waals surface area contributed by atoms with Gasteiger partial charge in [-0.05, 0) is 12.8 Å². The van der Waals surface area contributed by atoms with E-state index < -0.39 is 0 Å². The minimum absolute atomic E-state index is 0.562. The lowest BCUT2D eigenvalue weighted by Crippen LogP contribution is -2.38. The summed E-state index contributed by atoms with van der Waals surface area (Å²) in [6.45, 7) is 1.12. The third kappa shape index (κ3) is 2.46. The van der Waals surface area contributed by atoms with Gasteiger partial charge in [0.05, 0.1) is 0 Å². The Morgan fingerprint density at radius 2 is 2.15 bits per heavy atom. The lowest BCUT2D eigenvalue weighted by molar-refractivity contribution is 0.556. The summed E-state index contributed by atoms with van der Waals surface area (Å²) in [6.07, 6.45) is 6.15. The Bertz CT molecular complexity index is 581. The highest BCUT2D eigenvalue weighted by Gasteiger charge is 2.24. The van der Waals surface area contributed by atoms with Crippen LogP contribution in [0.15, 0.2) is 0 Å². The summed E-state index contributed by atoms with van der Waals surface area (Å²) >= 11 is 3.73. The van der Waals surface area contributed by atoms with Crippen molar-refractivity contribution >= 4 is 28.1 Å². The molecule has 1 aliphatic heterocycles. The van der Waals surface area contributed by atoms with Crippen LogP contribution < -0.4 is 5.32 Å². The first-order valence-electron chi connectivity index (χ1n) is 7.42. The average Bonchev–Trinajstić information content (AvgIpc) is 3.15. The molecular weight excluding hydrogens is 290 g/mol. The zero-order chi connectivity index (χ0) is 13.4. The lowest BCUT2D eigenvalue weighted by Gasteiger charge is -2.21. The predicted molar refractivity (Wildman–Crippen MR) is 82.7 cm³/mol. The van der Waals surface area contributed by atoms with Crippen molar-refractivity contribution in [3.8, 4) is 0 Å². The maximum Gasteiger partial charge on any atom is 0.234 e. The zero-order valence-electron chi connectivity index (χ0n) is 11.4. The summed E-state index contributed by atoms with van der Waals surface area (Å²) in [5.41, 5.74) is 0. The summed E-state index contributed by atoms with van der Waals surface area (Å²) in [6, 6.07) is 0.562. The van der Waals surface area contributed by atoms with Crippen molar-refractivity contribution in [2.45, 2.75) is 44.1 Å². The van der Waals surface area contributed by atoms with Gasteiger partial charge in [-0.15, -0.1) is 10.2 Å². The largest absolute Gasteiger partial charge is 0.312 e. The van der Waals surface area contributed by atoms with E-state index >= 15 is 0 Å². The molecule has 0 aromatic carbocycles. The molecule has 2 fully saturated rings. The van der Waals surface area contributed by atoms with Crippen LogP contribution in [0.3, 0.4) is 0 Å². The molecule has 1 N–H and O–H groups in total. The standard InChI is InChI=1S/C13H19N5S2/c1-2-4-9(3-1)12-15-16-13-18(12)17-11(20-13)7-10-8-19-6-5-14-10/h9-10,14H,1-8H2. The van der Waals surface area contributed by atoms with Crippen LogP contribution in [-0.2, 0) is 6.42 Å². The fraction of sp³-hybridized carbons (Fsp3) is 0.769. The first-order chi connectivity index (χ1) is 9.90. The molecule has 2 aromatic rings. The Kier molecular flexibility index (Phi) is 3.66. The SMILES string of the molecule is C1CCC(c2nnc3sc(CC4CSCCN4)nn23)C1. The van der Waals surface area contributed by atoms with Gasteiger partial charge in [-0.3, -0.25) is 0 Å². The molecule has 7 heteroatoms. The van der Waals surface area contributed by atoms with Gasteiger partial charge < -0.3 is 5.32 Å². The minimum atomic E-state index is 0.562. The molecule has 108 valence electrons. The fourth-order valence-corrected chi connectivity index (χ4v) is 5.02. The van der Waals surface area contributed by atoms with Crippen LogP contribution in [0.25, 0.3) is 4.96 Å². The van der Waals surface area contributed by atoms with Crippen molar-refractivity contribution in [3.63, 3.8) is 0 Å². The molecule has 1 saturated heterocycles. The highest BCUT2D eigenvalue weighted by Crippen LogP contribution is 2.33. The quantitative estimate of drug-likeness (QED) is 0.941. The highest BCUT2D eigenvalue weighted by atomic mass is 32.2. The molecule has 5 nitrogen and oxygen atoms in total. The van der Waals surface area contributed by atoms with Crippen LogP contribution in [0, 0.1) is 0 Å². The molecule has 20 heavy (non-hydrogen) atoms. The smallest absolute Gasteiger partial charge is 0.234 e. The topological polar surface area (TPSA) is 55.1 Å². The third-order valence-corrected chi connectivity index (χ3v) is 6.25. The Labute approximate surface area is 126 Å². The molecule has 1 unspecified atom stereocenters. The monoisotopic (exact) mass is 309 g/mol. The van der Waals surface area contributed by atoms with Crippen molar-refractivity contribution in [2.24, 2.45) is 0 Å². The second-order valence-electron chi connectivity index (χ2n) is 5.66. The average molecular weight is 309 g/mol. The van der Waals surface area contributed by atoms with E-state index in [0.717, 1.165) is 23.8 Å². The van der Waals surface area contributed by atoms with Gasteiger partial charge in [0, 0.05) is 36.4 Å². The van der Waals surface area contributed by atoms with E-state index in [0.29, 0.717) is 12.0 Å². The molecule has 0 amide bonds.